The molecule has 2 atom stereocenters. The second-order valence-electron chi connectivity index (χ2n) is 8.13. The lowest BCUT2D eigenvalue weighted by Crippen LogP contribution is -2.49. The second kappa shape index (κ2) is 9.64. The minimum atomic E-state index is -1.34. The largest absolute Gasteiger partial charge is 0.494 e. The van der Waals surface area contributed by atoms with Crippen LogP contribution in [-0.2, 0) is 0 Å². The lowest BCUT2D eigenvalue weighted by atomic mass is 9.93. The van der Waals surface area contributed by atoms with Crippen molar-refractivity contribution < 1.29 is 27.8 Å². The number of hydrogen-bond acceptors (Lipinski definition) is 6. The molecule has 2 heterocycles. The van der Waals surface area contributed by atoms with Gasteiger partial charge in [0.2, 0.25) is 0 Å². The molecule has 2 aromatic carbocycles. The van der Waals surface area contributed by atoms with Crippen LogP contribution >= 0.6 is 0 Å². The van der Waals surface area contributed by atoms with E-state index in [4.69, 9.17) is 15.7 Å². The average Bonchev–Trinajstić information content (AvgIpc) is 2.84. The van der Waals surface area contributed by atoms with Gasteiger partial charge in [0.25, 0.3) is 0 Å². The number of methoxy groups -OCH3 is 1. The molecule has 0 amide bonds. The maximum Gasteiger partial charge on any atom is 0.336 e. The van der Waals surface area contributed by atoms with Gasteiger partial charge in [-0.05, 0) is 42.3 Å². The number of piperidine rings is 1. The summed E-state index contributed by atoms with van der Waals surface area (Å²) >= 11 is 0. The molecule has 35 heavy (non-hydrogen) atoms. The number of hydrogen-bond donors (Lipinski definition) is 2. The Balaban J connectivity index is 1.98. The smallest absolute Gasteiger partial charge is 0.336 e. The summed E-state index contributed by atoms with van der Waals surface area (Å²) in [5.74, 6) is -2.77. The number of carbonyl (C=O) groups is 1. The van der Waals surface area contributed by atoms with E-state index in [1.807, 2.05) is 0 Å². The molecule has 3 aromatic rings. The van der Waals surface area contributed by atoms with Gasteiger partial charge in [0.05, 0.1) is 30.5 Å². The Morgan fingerprint density at radius 1 is 1.20 bits per heavy atom. The zero-order valence-corrected chi connectivity index (χ0v) is 18.6. The highest BCUT2D eigenvalue weighted by atomic mass is 19.1. The molecule has 0 aliphatic carbocycles. The van der Waals surface area contributed by atoms with E-state index in [0.29, 0.717) is 13.0 Å². The standard InChI is InChI=1S/C25H21F3N4O3/c1-35-21-5-4-13(8-18(21)27)23-16(25(33)34)10-22(32-7-6-20(30)19(28)12-32)31-24(23)14-2-3-15(11-29)17(26)9-14/h2-5,8-10,19-20H,6-7,12,30H2,1H3,(H,33,34). The van der Waals surface area contributed by atoms with Crippen LogP contribution in [0.4, 0.5) is 19.0 Å². The molecule has 3 N–H and O–H groups in total. The third kappa shape index (κ3) is 4.63. The van der Waals surface area contributed by atoms with Crippen molar-refractivity contribution in [1.29, 1.82) is 5.26 Å². The van der Waals surface area contributed by atoms with Crippen LogP contribution in [0, 0.1) is 23.0 Å². The number of nitrogens with zero attached hydrogens (tertiary/aromatic N) is 3. The van der Waals surface area contributed by atoms with Crippen molar-refractivity contribution in [1.82, 2.24) is 4.98 Å². The molecule has 0 saturated carbocycles. The molecule has 1 saturated heterocycles. The maximum atomic E-state index is 14.6. The van der Waals surface area contributed by atoms with Gasteiger partial charge >= 0.3 is 5.97 Å². The second-order valence-corrected chi connectivity index (χ2v) is 8.13. The first kappa shape index (κ1) is 24.0. The van der Waals surface area contributed by atoms with Crippen molar-refractivity contribution >= 4 is 11.8 Å². The molecule has 7 nitrogen and oxygen atoms in total. The summed E-state index contributed by atoms with van der Waals surface area (Å²) in [7, 11) is 1.30. The van der Waals surface area contributed by atoms with Crippen LogP contribution in [0.25, 0.3) is 22.4 Å². The van der Waals surface area contributed by atoms with E-state index in [2.05, 4.69) is 4.98 Å². The third-order valence-electron chi connectivity index (χ3n) is 5.96. The molecule has 0 bridgehead atoms. The normalized spacial score (nSPS) is 17.7. The SMILES string of the molecule is COc1ccc(-c2c(C(=O)O)cc(N3CCC(N)C(F)C3)nc2-c2ccc(C#N)c(F)c2)cc1F. The molecule has 0 radical (unpaired) electrons. The number of aromatic nitrogens is 1. The Morgan fingerprint density at radius 2 is 1.91 bits per heavy atom. The van der Waals surface area contributed by atoms with Crippen LogP contribution in [0.5, 0.6) is 5.75 Å². The van der Waals surface area contributed by atoms with Crippen molar-refractivity contribution in [2.24, 2.45) is 5.73 Å². The Hall–Kier alpha value is -4.10. The molecule has 4 rings (SSSR count). The van der Waals surface area contributed by atoms with Crippen molar-refractivity contribution in [2.45, 2.75) is 18.6 Å². The van der Waals surface area contributed by atoms with Crippen molar-refractivity contribution in [2.75, 3.05) is 25.1 Å². The highest BCUT2D eigenvalue weighted by Crippen LogP contribution is 2.38. The van der Waals surface area contributed by atoms with Gasteiger partial charge in [0.1, 0.15) is 23.9 Å². The zero-order valence-electron chi connectivity index (χ0n) is 18.6. The average molecular weight is 482 g/mol. The number of ether oxygens (including phenoxy) is 1. The molecule has 1 aliphatic heterocycles. The van der Waals surface area contributed by atoms with Crippen LogP contribution in [0.1, 0.15) is 22.3 Å². The van der Waals surface area contributed by atoms with E-state index < -0.39 is 29.8 Å². The Kier molecular flexibility index (Phi) is 6.62. The predicted octanol–water partition coefficient (Wildman–Crippen LogP) is 4.15. The van der Waals surface area contributed by atoms with Crippen LogP contribution < -0.4 is 15.4 Å². The Bertz CT molecular complexity index is 1340. The third-order valence-corrected chi connectivity index (χ3v) is 5.96. The topological polar surface area (TPSA) is 112 Å². The molecule has 1 fully saturated rings. The van der Waals surface area contributed by atoms with E-state index in [-0.39, 0.29) is 51.6 Å². The van der Waals surface area contributed by atoms with Crippen molar-refractivity contribution in [3.8, 4) is 34.2 Å². The Morgan fingerprint density at radius 3 is 2.51 bits per heavy atom. The van der Waals surface area contributed by atoms with E-state index in [1.54, 1.807) is 11.0 Å². The molecular weight excluding hydrogens is 461 g/mol. The fraction of sp³-hybridized carbons (Fsp3) is 0.240. The van der Waals surface area contributed by atoms with E-state index in [0.717, 1.165) is 12.1 Å². The number of anilines is 1. The van der Waals surface area contributed by atoms with Gasteiger partial charge < -0.3 is 20.5 Å². The number of pyridine rings is 1. The molecule has 2 unspecified atom stereocenters. The van der Waals surface area contributed by atoms with Crippen LogP contribution in [0.3, 0.4) is 0 Å². The lowest BCUT2D eigenvalue weighted by molar-refractivity contribution is 0.0697. The summed E-state index contributed by atoms with van der Waals surface area (Å²) in [6.45, 7) is 0.246. The first-order valence-corrected chi connectivity index (χ1v) is 10.7. The predicted molar refractivity (Wildman–Crippen MR) is 123 cm³/mol. The van der Waals surface area contributed by atoms with Gasteiger partial charge in [0, 0.05) is 23.7 Å². The summed E-state index contributed by atoms with van der Waals surface area (Å²) in [6, 6.07) is 10.0. The number of aromatic carboxylic acids is 1. The van der Waals surface area contributed by atoms with Crippen LogP contribution in [0.15, 0.2) is 42.5 Å². The Labute approximate surface area is 199 Å². The van der Waals surface area contributed by atoms with Crippen molar-refractivity contribution in [3.63, 3.8) is 0 Å². The fourth-order valence-electron chi connectivity index (χ4n) is 4.07. The highest BCUT2D eigenvalue weighted by Gasteiger charge is 2.29. The molecule has 0 spiro atoms. The highest BCUT2D eigenvalue weighted by molar-refractivity contribution is 6.01. The monoisotopic (exact) mass is 482 g/mol. The molecule has 10 heteroatoms. The quantitative estimate of drug-likeness (QED) is 0.562. The number of benzene rings is 2. The van der Waals surface area contributed by atoms with Gasteiger partial charge in [-0.15, -0.1) is 0 Å². The van der Waals surface area contributed by atoms with Crippen LogP contribution in [0.2, 0.25) is 0 Å². The summed E-state index contributed by atoms with van der Waals surface area (Å²) in [5, 5.41) is 19.1. The molecule has 1 aliphatic rings. The van der Waals surface area contributed by atoms with Gasteiger partial charge in [-0.25, -0.2) is 22.9 Å². The summed E-state index contributed by atoms with van der Waals surface area (Å²) in [4.78, 5) is 18.5. The first-order chi connectivity index (χ1) is 16.7. The maximum absolute atomic E-state index is 14.6. The minimum absolute atomic E-state index is 0.0393. The van der Waals surface area contributed by atoms with Crippen molar-refractivity contribution in [3.05, 3.63) is 65.2 Å². The van der Waals surface area contributed by atoms with Gasteiger partial charge in [0.15, 0.2) is 11.6 Å². The summed E-state index contributed by atoms with van der Waals surface area (Å²) in [6.07, 6.45) is -1.01. The van der Waals surface area contributed by atoms with Crippen LogP contribution in [-0.4, -0.2) is 48.5 Å². The first-order valence-electron chi connectivity index (χ1n) is 10.7. The number of carboxylic acids is 1. The summed E-state index contributed by atoms with van der Waals surface area (Å²) < 4.78 is 48.4. The minimum Gasteiger partial charge on any atom is -0.494 e. The number of nitriles is 1. The van der Waals surface area contributed by atoms with E-state index >= 15 is 0 Å². The number of rotatable bonds is 5. The number of carboxylic acid groups (broad SMARTS) is 1. The zero-order chi connectivity index (χ0) is 25.3. The number of halogens is 3. The fourth-order valence-corrected chi connectivity index (χ4v) is 4.07. The van der Waals surface area contributed by atoms with Gasteiger partial charge in [-0.3, -0.25) is 0 Å². The van der Waals surface area contributed by atoms with E-state index in [9.17, 15) is 23.1 Å². The van der Waals surface area contributed by atoms with Gasteiger partial charge in [-0.1, -0.05) is 12.1 Å². The molecule has 1 aromatic heterocycles. The molecule has 180 valence electrons. The number of nitrogens with two attached hydrogens (primary N) is 1. The van der Waals surface area contributed by atoms with E-state index in [1.165, 1.54) is 37.4 Å². The summed E-state index contributed by atoms with van der Waals surface area (Å²) in [5.41, 5.74) is 5.75. The molecular formula is C25H21F3N4O3. The van der Waals surface area contributed by atoms with Gasteiger partial charge in [-0.2, -0.15) is 5.26 Å². The number of alkyl halides is 1. The lowest BCUT2D eigenvalue weighted by Gasteiger charge is -2.34.